The maximum absolute atomic E-state index is 8.79. The Bertz CT molecular complexity index is 236. The first-order valence-corrected chi connectivity index (χ1v) is 4.38. The molecule has 3 heteroatoms. The van der Waals surface area contributed by atoms with E-state index in [1.807, 2.05) is 6.07 Å². The molecule has 2 nitrogen and oxygen atoms in total. The predicted molar refractivity (Wildman–Crippen MR) is 46.7 cm³/mol. The molecule has 62 valence electrons. The maximum atomic E-state index is 8.79. The van der Waals surface area contributed by atoms with E-state index in [4.69, 9.17) is 5.11 Å². The first-order valence-electron chi connectivity index (χ1n) is 3.61. The van der Waals surface area contributed by atoms with E-state index in [0.717, 1.165) is 10.6 Å². The van der Waals surface area contributed by atoms with Gasteiger partial charge in [0.05, 0.1) is 17.2 Å². The quantitative estimate of drug-likeness (QED) is 0.700. The minimum absolute atomic E-state index is 0.101. The molecule has 0 aliphatic carbocycles. The Morgan fingerprint density at radius 1 is 1.55 bits per heavy atom. The molecule has 0 aliphatic heterocycles. The van der Waals surface area contributed by atoms with Gasteiger partial charge in [0, 0.05) is 5.41 Å². The molecule has 0 saturated carbocycles. The number of rotatable bonds is 1. The molecule has 0 aromatic carbocycles. The highest BCUT2D eigenvalue weighted by Gasteiger charge is 2.16. The smallest absolute Gasteiger partial charge is 0.0790 e. The fourth-order valence-electron chi connectivity index (χ4n) is 0.741. The molecule has 0 radical (unpaired) electrons. The van der Waals surface area contributed by atoms with Crippen molar-refractivity contribution < 1.29 is 5.11 Å². The molecule has 1 aromatic rings. The normalized spacial score (nSPS) is 12.0. The Balaban J connectivity index is 2.89. The van der Waals surface area contributed by atoms with Crippen LogP contribution in [0.15, 0.2) is 6.07 Å². The summed E-state index contributed by atoms with van der Waals surface area (Å²) in [5, 5.41) is 8.79. The summed E-state index contributed by atoms with van der Waals surface area (Å²) in [6.45, 7) is 6.45. The summed E-state index contributed by atoms with van der Waals surface area (Å²) in [6, 6.07) is 1.96. The molecule has 0 unspecified atom stereocenters. The van der Waals surface area contributed by atoms with E-state index in [0.29, 0.717) is 0 Å². The number of nitrogens with zero attached hydrogens (tertiary/aromatic N) is 1. The lowest BCUT2D eigenvalue weighted by molar-refractivity contribution is 0.285. The van der Waals surface area contributed by atoms with Crippen LogP contribution in [0.1, 0.15) is 31.3 Å². The van der Waals surface area contributed by atoms with Crippen LogP contribution in [-0.4, -0.2) is 9.48 Å². The maximum Gasteiger partial charge on any atom is 0.0790 e. The standard InChI is InChI=1S/C8H13NOS/c1-8(2,3)7-4-6(5-10)11-9-7/h4,10H,5H2,1-3H3. The van der Waals surface area contributed by atoms with Gasteiger partial charge in [0.15, 0.2) is 0 Å². The minimum Gasteiger partial charge on any atom is -0.391 e. The van der Waals surface area contributed by atoms with Crippen molar-refractivity contribution in [2.24, 2.45) is 0 Å². The Morgan fingerprint density at radius 3 is 2.45 bits per heavy atom. The van der Waals surface area contributed by atoms with Gasteiger partial charge in [-0.25, -0.2) is 0 Å². The lowest BCUT2D eigenvalue weighted by atomic mass is 9.92. The largest absolute Gasteiger partial charge is 0.391 e. The van der Waals surface area contributed by atoms with Gasteiger partial charge in [-0.3, -0.25) is 0 Å². The first-order chi connectivity index (χ1) is 5.04. The third-order valence-electron chi connectivity index (χ3n) is 1.48. The zero-order chi connectivity index (χ0) is 8.48. The van der Waals surface area contributed by atoms with Crippen LogP contribution in [0, 0.1) is 0 Å². The Labute approximate surface area is 71.1 Å². The van der Waals surface area contributed by atoms with Crippen molar-refractivity contribution in [3.8, 4) is 0 Å². The highest BCUT2D eigenvalue weighted by molar-refractivity contribution is 7.05. The fraction of sp³-hybridized carbons (Fsp3) is 0.625. The molecule has 0 spiro atoms. The third kappa shape index (κ3) is 2.01. The van der Waals surface area contributed by atoms with Gasteiger partial charge in [-0.2, -0.15) is 4.37 Å². The molecule has 0 aliphatic rings. The second kappa shape index (κ2) is 2.91. The lowest BCUT2D eigenvalue weighted by Gasteiger charge is -2.13. The molecule has 1 rings (SSSR count). The van der Waals surface area contributed by atoms with Crippen molar-refractivity contribution >= 4 is 11.5 Å². The number of aromatic nitrogens is 1. The Morgan fingerprint density at radius 2 is 2.18 bits per heavy atom. The number of aliphatic hydroxyl groups excluding tert-OH is 1. The minimum atomic E-state index is 0.101. The zero-order valence-electron chi connectivity index (χ0n) is 7.09. The summed E-state index contributed by atoms with van der Waals surface area (Å²) < 4.78 is 4.24. The Kier molecular flexibility index (Phi) is 2.30. The van der Waals surface area contributed by atoms with E-state index >= 15 is 0 Å². The van der Waals surface area contributed by atoms with Gasteiger partial charge in [-0.15, -0.1) is 0 Å². The molecule has 0 amide bonds. The van der Waals surface area contributed by atoms with Crippen LogP contribution in [0.25, 0.3) is 0 Å². The molecular formula is C8H13NOS. The van der Waals surface area contributed by atoms with E-state index in [2.05, 4.69) is 25.1 Å². The van der Waals surface area contributed by atoms with Gasteiger partial charge >= 0.3 is 0 Å². The summed E-state index contributed by atoms with van der Waals surface area (Å²) in [5.41, 5.74) is 1.16. The van der Waals surface area contributed by atoms with Crippen molar-refractivity contribution in [2.45, 2.75) is 32.8 Å². The van der Waals surface area contributed by atoms with Crippen LogP contribution in [0.3, 0.4) is 0 Å². The van der Waals surface area contributed by atoms with E-state index in [1.54, 1.807) is 0 Å². The second-order valence-corrected chi connectivity index (χ2v) is 4.48. The topological polar surface area (TPSA) is 33.1 Å². The van der Waals surface area contributed by atoms with Gasteiger partial charge < -0.3 is 5.11 Å². The van der Waals surface area contributed by atoms with Crippen LogP contribution in [0.2, 0.25) is 0 Å². The third-order valence-corrected chi connectivity index (χ3v) is 2.25. The van der Waals surface area contributed by atoms with Crippen LogP contribution >= 0.6 is 11.5 Å². The molecule has 0 atom stereocenters. The number of hydrogen-bond donors (Lipinski definition) is 1. The molecule has 0 saturated heterocycles. The molecule has 0 bridgehead atoms. The molecule has 1 N–H and O–H groups in total. The monoisotopic (exact) mass is 171 g/mol. The average Bonchev–Trinajstić information content (AvgIpc) is 2.32. The van der Waals surface area contributed by atoms with Gasteiger partial charge in [0.25, 0.3) is 0 Å². The van der Waals surface area contributed by atoms with Crippen molar-refractivity contribution in [2.75, 3.05) is 0 Å². The van der Waals surface area contributed by atoms with E-state index < -0.39 is 0 Å². The fourth-order valence-corrected chi connectivity index (χ4v) is 1.51. The van der Waals surface area contributed by atoms with Gasteiger partial charge in [-0.1, -0.05) is 20.8 Å². The summed E-state index contributed by atoms with van der Waals surface area (Å²) in [5.74, 6) is 0. The van der Waals surface area contributed by atoms with Crippen LogP contribution in [-0.2, 0) is 12.0 Å². The van der Waals surface area contributed by atoms with Crippen molar-refractivity contribution in [1.82, 2.24) is 4.37 Å². The molecule has 11 heavy (non-hydrogen) atoms. The summed E-state index contributed by atoms with van der Waals surface area (Å²) >= 11 is 1.38. The van der Waals surface area contributed by atoms with Crippen LogP contribution in [0.4, 0.5) is 0 Å². The van der Waals surface area contributed by atoms with Crippen molar-refractivity contribution in [1.29, 1.82) is 0 Å². The van der Waals surface area contributed by atoms with Crippen LogP contribution < -0.4 is 0 Å². The molecule has 1 aromatic heterocycles. The van der Waals surface area contributed by atoms with Gasteiger partial charge in [-0.05, 0) is 17.6 Å². The lowest BCUT2D eigenvalue weighted by Crippen LogP contribution is -2.10. The van der Waals surface area contributed by atoms with Crippen LogP contribution in [0.5, 0.6) is 0 Å². The van der Waals surface area contributed by atoms with Gasteiger partial charge in [0.2, 0.25) is 0 Å². The van der Waals surface area contributed by atoms with Crippen molar-refractivity contribution in [3.05, 3.63) is 16.6 Å². The number of hydrogen-bond acceptors (Lipinski definition) is 3. The predicted octanol–water partition coefficient (Wildman–Crippen LogP) is 1.93. The average molecular weight is 171 g/mol. The second-order valence-electron chi connectivity index (χ2n) is 3.59. The first kappa shape index (κ1) is 8.68. The zero-order valence-corrected chi connectivity index (χ0v) is 7.90. The van der Waals surface area contributed by atoms with E-state index in [9.17, 15) is 0 Å². The summed E-state index contributed by atoms with van der Waals surface area (Å²) in [7, 11) is 0. The number of aliphatic hydroxyl groups is 1. The van der Waals surface area contributed by atoms with E-state index in [1.165, 1.54) is 11.5 Å². The van der Waals surface area contributed by atoms with Crippen molar-refractivity contribution in [3.63, 3.8) is 0 Å². The van der Waals surface area contributed by atoms with E-state index in [-0.39, 0.29) is 12.0 Å². The SMILES string of the molecule is CC(C)(C)c1cc(CO)sn1. The van der Waals surface area contributed by atoms with Gasteiger partial charge in [0.1, 0.15) is 0 Å². The Hall–Kier alpha value is -0.410. The highest BCUT2D eigenvalue weighted by atomic mass is 32.1. The molecular weight excluding hydrogens is 158 g/mol. The highest BCUT2D eigenvalue weighted by Crippen LogP contribution is 2.23. The molecule has 0 fully saturated rings. The summed E-state index contributed by atoms with van der Waals surface area (Å²) in [4.78, 5) is 0.940. The summed E-state index contributed by atoms with van der Waals surface area (Å²) in [6.07, 6.45) is 0. The molecule has 1 heterocycles.